The van der Waals surface area contributed by atoms with Crippen molar-refractivity contribution in [3.05, 3.63) is 0 Å². The lowest BCUT2D eigenvalue weighted by molar-refractivity contribution is -0.147. The molecule has 0 aromatic rings. The Morgan fingerprint density at radius 1 is 1.44 bits per heavy atom. The number of ether oxygens (including phenoxy) is 1. The lowest BCUT2D eigenvalue weighted by Gasteiger charge is -2.24. The van der Waals surface area contributed by atoms with Gasteiger partial charge < -0.3 is 10.1 Å². The highest BCUT2D eigenvalue weighted by molar-refractivity contribution is 5.72. The van der Waals surface area contributed by atoms with Crippen molar-refractivity contribution in [2.45, 2.75) is 46.5 Å². The van der Waals surface area contributed by atoms with E-state index in [1.54, 1.807) is 0 Å². The van der Waals surface area contributed by atoms with Gasteiger partial charge in [-0.25, -0.2) is 0 Å². The van der Waals surface area contributed by atoms with Crippen LogP contribution in [0.15, 0.2) is 0 Å². The van der Waals surface area contributed by atoms with E-state index >= 15 is 0 Å². The molecule has 3 nitrogen and oxygen atoms in total. The molecule has 1 aliphatic rings. The zero-order valence-corrected chi connectivity index (χ0v) is 10.8. The van der Waals surface area contributed by atoms with Crippen LogP contribution in [0.3, 0.4) is 0 Å². The summed E-state index contributed by atoms with van der Waals surface area (Å²) in [5.74, 6) is -0.128. The summed E-state index contributed by atoms with van der Waals surface area (Å²) in [6.07, 6.45) is 5.33. The fourth-order valence-corrected chi connectivity index (χ4v) is 2.36. The first-order valence-electron chi connectivity index (χ1n) is 6.45. The summed E-state index contributed by atoms with van der Waals surface area (Å²) in [6, 6.07) is 0. The van der Waals surface area contributed by atoms with Crippen LogP contribution in [0.4, 0.5) is 0 Å². The Morgan fingerprint density at radius 3 is 2.62 bits per heavy atom. The Labute approximate surface area is 98.9 Å². The molecule has 0 bridgehead atoms. The molecule has 1 unspecified atom stereocenters. The van der Waals surface area contributed by atoms with E-state index in [1.165, 1.54) is 25.7 Å². The zero-order chi connectivity index (χ0) is 12.0. The third kappa shape index (κ3) is 4.12. The largest absolute Gasteiger partial charge is 0.466 e. The van der Waals surface area contributed by atoms with Gasteiger partial charge in [0.25, 0.3) is 0 Å². The first-order valence-corrected chi connectivity index (χ1v) is 6.45. The number of hydrogen-bond acceptors (Lipinski definition) is 3. The standard InChI is InChI=1S/C13H25NO2/c1-4-16-12(15)11(2)9-14-10-13(3)7-5-6-8-13/h11,14H,4-10H2,1-3H3. The molecule has 1 saturated carbocycles. The molecule has 1 aliphatic carbocycles. The van der Waals surface area contributed by atoms with Crippen LogP contribution in [-0.4, -0.2) is 25.7 Å². The van der Waals surface area contributed by atoms with Gasteiger partial charge in [0.1, 0.15) is 0 Å². The van der Waals surface area contributed by atoms with E-state index in [2.05, 4.69) is 12.2 Å². The molecule has 0 spiro atoms. The SMILES string of the molecule is CCOC(=O)C(C)CNCC1(C)CCCC1. The monoisotopic (exact) mass is 227 g/mol. The molecule has 1 fully saturated rings. The van der Waals surface area contributed by atoms with Gasteiger partial charge in [-0.15, -0.1) is 0 Å². The van der Waals surface area contributed by atoms with Crippen molar-refractivity contribution in [2.75, 3.05) is 19.7 Å². The number of esters is 1. The van der Waals surface area contributed by atoms with Crippen LogP contribution in [0.25, 0.3) is 0 Å². The molecule has 0 amide bonds. The van der Waals surface area contributed by atoms with Gasteiger partial charge in [-0.3, -0.25) is 4.79 Å². The molecule has 1 atom stereocenters. The minimum absolute atomic E-state index is 0.0371. The second kappa shape index (κ2) is 6.24. The quantitative estimate of drug-likeness (QED) is 0.708. The highest BCUT2D eigenvalue weighted by atomic mass is 16.5. The predicted molar refractivity (Wildman–Crippen MR) is 65.2 cm³/mol. The molecule has 16 heavy (non-hydrogen) atoms. The van der Waals surface area contributed by atoms with E-state index in [4.69, 9.17) is 4.74 Å². The van der Waals surface area contributed by atoms with E-state index in [0.717, 1.165) is 13.1 Å². The fourth-order valence-electron chi connectivity index (χ4n) is 2.36. The maximum atomic E-state index is 11.4. The molecule has 1 rings (SSSR count). The topological polar surface area (TPSA) is 38.3 Å². The van der Waals surface area contributed by atoms with Gasteiger partial charge in [0.2, 0.25) is 0 Å². The molecule has 0 aromatic heterocycles. The van der Waals surface area contributed by atoms with Gasteiger partial charge in [-0.1, -0.05) is 26.7 Å². The van der Waals surface area contributed by atoms with Crippen LogP contribution in [0.5, 0.6) is 0 Å². The lowest BCUT2D eigenvalue weighted by Crippen LogP contribution is -2.34. The van der Waals surface area contributed by atoms with E-state index in [1.807, 2.05) is 13.8 Å². The Hall–Kier alpha value is -0.570. The Kier molecular flexibility index (Phi) is 5.26. The van der Waals surface area contributed by atoms with E-state index < -0.39 is 0 Å². The highest BCUT2D eigenvalue weighted by Crippen LogP contribution is 2.36. The van der Waals surface area contributed by atoms with Crippen LogP contribution >= 0.6 is 0 Å². The normalized spacial score (nSPS) is 20.7. The van der Waals surface area contributed by atoms with Crippen molar-refractivity contribution in [3.63, 3.8) is 0 Å². The minimum Gasteiger partial charge on any atom is -0.466 e. The van der Waals surface area contributed by atoms with Crippen LogP contribution in [0, 0.1) is 11.3 Å². The van der Waals surface area contributed by atoms with Crippen molar-refractivity contribution in [1.29, 1.82) is 0 Å². The van der Waals surface area contributed by atoms with Gasteiger partial charge >= 0.3 is 5.97 Å². The third-order valence-corrected chi connectivity index (χ3v) is 3.50. The summed E-state index contributed by atoms with van der Waals surface area (Å²) in [7, 11) is 0. The van der Waals surface area contributed by atoms with Crippen molar-refractivity contribution in [3.8, 4) is 0 Å². The zero-order valence-electron chi connectivity index (χ0n) is 10.8. The summed E-state index contributed by atoms with van der Waals surface area (Å²) in [5, 5.41) is 3.41. The van der Waals surface area contributed by atoms with Gasteiger partial charge in [-0.05, 0) is 25.2 Å². The number of nitrogens with one attached hydrogen (secondary N) is 1. The molecule has 1 N–H and O–H groups in total. The molecule has 0 aromatic carbocycles. The average molecular weight is 227 g/mol. The summed E-state index contributed by atoms with van der Waals surface area (Å²) in [6.45, 7) is 8.33. The smallest absolute Gasteiger partial charge is 0.309 e. The summed E-state index contributed by atoms with van der Waals surface area (Å²) >= 11 is 0. The Morgan fingerprint density at radius 2 is 2.06 bits per heavy atom. The molecule has 3 heteroatoms. The van der Waals surface area contributed by atoms with Gasteiger partial charge in [0.15, 0.2) is 0 Å². The fraction of sp³-hybridized carbons (Fsp3) is 0.923. The van der Waals surface area contributed by atoms with Crippen LogP contribution in [0.1, 0.15) is 46.5 Å². The summed E-state index contributed by atoms with van der Waals surface area (Å²) in [5.41, 5.74) is 0.453. The van der Waals surface area contributed by atoms with E-state index in [0.29, 0.717) is 12.0 Å². The summed E-state index contributed by atoms with van der Waals surface area (Å²) < 4.78 is 4.97. The van der Waals surface area contributed by atoms with Crippen molar-refractivity contribution < 1.29 is 9.53 Å². The van der Waals surface area contributed by atoms with Gasteiger partial charge in [0, 0.05) is 13.1 Å². The van der Waals surface area contributed by atoms with E-state index in [-0.39, 0.29) is 11.9 Å². The number of carbonyl (C=O) groups is 1. The predicted octanol–water partition coefficient (Wildman–Crippen LogP) is 2.36. The first kappa shape index (κ1) is 13.5. The maximum absolute atomic E-state index is 11.4. The molecular formula is C13H25NO2. The Bertz CT molecular complexity index is 222. The summed E-state index contributed by atoms with van der Waals surface area (Å²) in [4.78, 5) is 11.4. The van der Waals surface area contributed by atoms with E-state index in [9.17, 15) is 4.79 Å². The van der Waals surface area contributed by atoms with Crippen LogP contribution in [0.2, 0.25) is 0 Å². The third-order valence-electron chi connectivity index (χ3n) is 3.50. The highest BCUT2D eigenvalue weighted by Gasteiger charge is 2.28. The van der Waals surface area contributed by atoms with Crippen molar-refractivity contribution >= 4 is 5.97 Å². The lowest BCUT2D eigenvalue weighted by atomic mass is 9.89. The van der Waals surface area contributed by atoms with Crippen LogP contribution < -0.4 is 5.32 Å². The second-order valence-corrected chi connectivity index (χ2v) is 5.30. The minimum atomic E-state index is -0.0911. The van der Waals surface area contributed by atoms with Crippen molar-refractivity contribution in [2.24, 2.45) is 11.3 Å². The number of rotatable bonds is 6. The molecule has 0 saturated heterocycles. The molecule has 0 aliphatic heterocycles. The first-order chi connectivity index (χ1) is 7.57. The van der Waals surface area contributed by atoms with Gasteiger partial charge in [-0.2, -0.15) is 0 Å². The van der Waals surface area contributed by atoms with Crippen molar-refractivity contribution in [1.82, 2.24) is 5.32 Å². The van der Waals surface area contributed by atoms with Gasteiger partial charge in [0.05, 0.1) is 12.5 Å². The molecule has 0 radical (unpaired) electrons. The molecular weight excluding hydrogens is 202 g/mol. The van der Waals surface area contributed by atoms with Crippen LogP contribution in [-0.2, 0) is 9.53 Å². The number of hydrogen-bond donors (Lipinski definition) is 1. The molecule has 94 valence electrons. The Balaban J connectivity index is 2.17. The maximum Gasteiger partial charge on any atom is 0.309 e. The average Bonchev–Trinajstić information content (AvgIpc) is 2.65. The number of carbonyl (C=O) groups excluding carboxylic acids is 1. The molecule has 0 heterocycles. The second-order valence-electron chi connectivity index (χ2n) is 5.30.